The Morgan fingerprint density at radius 1 is 0.725 bits per heavy atom. The number of hydrogen-bond donors (Lipinski definition) is 2. The Kier molecular flexibility index (Phi) is 14.4. The van der Waals surface area contributed by atoms with Crippen molar-refractivity contribution >= 4 is 23.9 Å². The van der Waals surface area contributed by atoms with Gasteiger partial charge in [-0.1, -0.05) is 128 Å². The second-order valence-electron chi connectivity index (χ2n) is 21.6. The highest BCUT2D eigenvalue weighted by Crippen LogP contribution is 2.39. The number of nitrogens with zero attached hydrogens (tertiary/aromatic N) is 1. The Hall–Kier alpha value is -5.54. The summed E-state index contributed by atoms with van der Waals surface area (Å²) in [5.41, 5.74) is 17.6. The third kappa shape index (κ3) is 10.4. The second-order valence-corrected chi connectivity index (χ2v) is 21.6. The Labute approximate surface area is 414 Å². The first-order chi connectivity index (χ1) is 34.1. The molecule has 1 aromatic heterocycles. The molecule has 356 valence electrons. The quantitative estimate of drug-likeness (QED) is 0.144. The number of hydrogen-bond acceptors (Lipinski definition) is 2. The molecule has 2 heterocycles. The summed E-state index contributed by atoms with van der Waals surface area (Å²) in [4.78, 5) is 0. The highest BCUT2D eigenvalue weighted by atomic mass is 15.0. The van der Waals surface area contributed by atoms with Gasteiger partial charge in [-0.05, 0) is 221 Å². The van der Waals surface area contributed by atoms with Crippen molar-refractivity contribution in [2.45, 2.75) is 153 Å². The Bertz CT molecular complexity index is 2770. The van der Waals surface area contributed by atoms with Gasteiger partial charge in [-0.3, -0.25) is 0 Å². The molecule has 0 aromatic carbocycles. The van der Waals surface area contributed by atoms with Crippen LogP contribution < -0.4 is 21.2 Å². The number of dihydropyridines is 1. The number of aromatic nitrogens is 1. The summed E-state index contributed by atoms with van der Waals surface area (Å²) in [5, 5.41) is 11.3. The fraction of sp³-hybridized carbons (Fsp3) is 0.424. The van der Waals surface area contributed by atoms with Crippen molar-refractivity contribution in [1.29, 1.82) is 0 Å². The molecule has 0 radical (unpaired) electrons. The van der Waals surface area contributed by atoms with Gasteiger partial charge in [-0.15, -0.1) is 0 Å². The molecule has 69 heavy (non-hydrogen) atoms. The Morgan fingerprint density at radius 2 is 1.59 bits per heavy atom. The highest BCUT2D eigenvalue weighted by molar-refractivity contribution is 5.69. The van der Waals surface area contributed by atoms with Crippen molar-refractivity contribution in [1.82, 2.24) is 15.2 Å². The van der Waals surface area contributed by atoms with Gasteiger partial charge in [-0.2, -0.15) is 0 Å². The number of nitrogens with one attached hydrogen (secondary N) is 2. The van der Waals surface area contributed by atoms with E-state index < -0.39 is 0 Å². The van der Waals surface area contributed by atoms with Crippen LogP contribution in [0.1, 0.15) is 146 Å². The minimum atomic E-state index is 0.234. The van der Waals surface area contributed by atoms with Crippen LogP contribution in [-0.2, 0) is 6.42 Å². The first-order valence-electron chi connectivity index (χ1n) is 27.6. The van der Waals surface area contributed by atoms with E-state index in [-0.39, 0.29) is 6.04 Å². The van der Waals surface area contributed by atoms with Gasteiger partial charge in [0.05, 0.1) is 6.04 Å². The Morgan fingerprint density at radius 3 is 2.35 bits per heavy atom. The summed E-state index contributed by atoms with van der Waals surface area (Å²) in [7, 11) is 0. The number of allylic oxidation sites excluding steroid dienone is 26. The van der Waals surface area contributed by atoms with Crippen LogP contribution in [0.15, 0.2) is 179 Å². The highest BCUT2D eigenvalue weighted by Gasteiger charge is 2.30. The van der Waals surface area contributed by atoms with Crippen molar-refractivity contribution in [3.8, 4) is 0 Å². The van der Waals surface area contributed by atoms with E-state index >= 15 is 0 Å². The molecule has 3 heteroatoms. The maximum Gasteiger partial charge on any atom is 0.0667 e. The van der Waals surface area contributed by atoms with Crippen molar-refractivity contribution in [3.63, 3.8) is 0 Å². The minimum absolute atomic E-state index is 0.234. The van der Waals surface area contributed by atoms with Crippen LogP contribution in [0.5, 0.6) is 0 Å². The molecule has 1 aliphatic heterocycles. The molecule has 1 aromatic rings. The molecular weight excluding hydrogens is 835 g/mol. The largest absolute Gasteiger partial charge is 0.385 e. The standard InChI is InChI=1S/C66H77N3/c1-2-59(53-23-11-5-12-24-53)62(28-17-18-47-30-43-66-61(44-47)60-27-15-16-29-65(60)69(66)58-25-13-6-14-26-58)67-57-41-39-52(40-42-57)56-45-63(54-35-31-50(32-36-54)48-19-7-3-8-20-48)68-64(46-56)55-37-33-51(34-38-55)49-21-9-4-10-22-49/h2-3,7,9,11,13,16,19,21-23,25-26,29,31,33,35,37-38,43-47,51-53,57,63,67-68H,1,4-6,8,10,12,14-15,17-18,20,24,27-28,30,32,34,36,39-42H2/b62-59-/t47?,51-,52-,53-,57+,63-/m1/s1. The monoisotopic (exact) mass is 912 g/mol. The van der Waals surface area contributed by atoms with Crippen LogP contribution in [0.25, 0.3) is 23.9 Å². The smallest absolute Gasteiger partial charge is 0.0667 e. The van der Waals surface area contributed by atoms with E-state index in [0.717, 1.165) is 64.2 Å². The molecule has 0 bridgehead atoms. The van der Waals surface area contributed by atoms with Gasteiger partial charge < -0.3 is 15.2 Å². The minimum Gasteiger partial charge on any atom is -0.385 e. The van der Waals surface area contributed by atoms with Gasteiger partial charge in [-0.25, -0.2) is 0 Å². The average Bonchev–Trinajstić information content (AvgIpc) is 3.76. The van der Waals surface area contributed by atoms with E-state index in [0.29, 0.717) is 29.7 Å². The number of fused-ring (bicyclic) bond motifs is 3. The van der Waals surface area contributed by atoms with Crippen LogP contribution in [0, 0.1) is 23.7 Å². The Balaban J connectivity index is 0.793. The average molecular weight is 912 g/mol. The molecule has 0 spiro atoms. The molecule has 2 N–H and O–H groups in total. The normalized spacial score (nSPS) is 28.6. The number of rotatable bonds is 14. The van der Waals surface area contributed by atoms with E-state index in [1.807, 2.05) is 0 Å². The lowest BCUT2D eigenvalue weighted by Crippen LogP contribution is -2.36. The van der Waals surface area contributed by atoms with E-state index in [4.69, 9.17) is 0 Å². The van der Waals surface area contributed by atoms with E-state index in [1.165, 1.54) is 144 Å². The molecule has 4 atom stereocenters. The van der Waals surface area contributed by atoms with Gasteiger partial charge in [0.2, 0.25) is 0 Å². The zero-order valence-electron chi connectivity index (χ0n) is 41.5. The summed E-state index contributed by atoms with van der Waals surface area (Å²) in [6.45, 7) is 4.47. The lowest BCUT2D eigenvalue weighted by molar-refractivity contribution is 0.330. The summed E-state index contributed by atoms with van der Waals surface area (Å²) >= 11 is 0. The molecule has 10 aliphatic rings. The van der Waals surface area contributed by atoms with Crippen LogP contribution in [0.3, 0.4) is 0 Å². The maximum absolute atomic E-state index is 4.47. The van der Waals surface area contributed by atoms with Gasteiger partial charge >= 0.3 is 0 Å². The van der Waals surface area contributed by atoms with Crippen molar-refractivity contribution in [2.24, 2.45) is 23.7 Å². The van der Waals surface area contributed by atoms with E-state index in [9.17, 15) is 0 Å². The molecule has 0 amide bonds. The molecule has 0 saturated heterocycles. The van der Waals surface area contributed by atoms with Gasteiger partial charge in [0.25, 0.3) is 0 Å². The zero-order valence-corrected chi connectivity index (χ0v) is 41.5. The molecule has 1 saturated carbocycles. The lowest BCUT2D eigenvalue weighted by atomic mass is 9.77. The fourth-order valence-electron chi connectivity index (χ4n) is 13.3. The molecule has 3 nitrogen and oxygen atoms in total. The topological polar surface area (TPSA) is 29.0 Å². The fourth-order valence-corrected chi connectivity index (χ4v) is 13.3. The van der Waals surface area contributed by atoms with Gasteiger partial charge in [0.1, 0.15) is 0 Å². The van der Waals surface area contributed by atoms with E-state index in [2.05, 4.69) is 162 Å². The van der Waals surface area contributed by atoms with Gasteiger partial charge in [0, 0.05) is 46.0 Å². The van der Waals surface area contributed by atoms with Crippen molar-refractivity contribution in [3.05, 3.63) is 200 Å². The molecular formula is C66H77N3. The van der Waals surface area contributed by atoms with Crippen LogP contribution in [-0.4, -0.2) is 16.7 Å². The van der Waals surface area contributed by atoms with E-state index in [1.54, 1.807) is 11.1 Å². The van der Waals surface area contributed by atoms with Crippen LogP contribution in [0.2, 0.25) is 0 Å². The van der Waals surface area contributed by atoms with Crippen LogP contribution in [0.4, 0.5) is 0 Å². The predicted octanol–water partition coefficient (Wildman–Crippen LogP) is 14.8. The van der Waals surface area contributed by atoms with Crippen LogP contribution >= 0.6 is 0 Å². The SMILES string of the molecule is C=C/C(=C(\CCCC1C=c2c3c(n(C4=CCCC=C4)c2=CC1)C=CCC3)N[C@H]1CC[C@@H](C2=C[C@H](C3=CC=C(C4=CC=CCC4)CC3)NC(C3=CC[C@H](C4=CCCC=C4)C=C3)=C2)CC1)[C@@H]1C=CCCC1. The summed E-state index contributed by atoms with van der Waals surface area (Å²) < 4.78 is 2.56. The molecule has 9 aliphatic carbocycles. The van der Waals surface area contributed by atoms with Crippen molar-refractivity contribution < 1.29 is 0 Å². The second kappa shape index (κ2) is 21.6. The van der Waals surface area contributed by atoms with Gasteiger partial charge in [0.15, 0.2) is 0 Å². The molecule has 1 fully saturated rings. The third-order valence-electron chi connectivity index (χ3n) is 17.1. The lowest BCUT2D eigenvalue weighted by Gasteiger charge is -2.36. The first kappa shape index (κ1) is 45.9. The molecule has 1 unspecified atom stereocenters. The van der Waals surface area contributed by atoms with Crippen molar-refractivity contribution in [2.75, 3.05) is 0 Å². The summed E-state index contributed by atoms with van der Waals surface area (Å²) in [6.07, 6.45) is 81.6. The predicted molar refractivity (Wildman–Crippen MR) is 294 cm³/mol. The molecule has 11 rings (SSSR count). The third-order valence-corrected chi connectivity index (χ3v) is 17.1. The summed E-state index contributed by atoms with van der Waals surface area (Å²) in [6, 6.07) is 0.731. The zero-order chi connectivity index (χ0) is 46.4. The summed E-state index contributed by atoms with van der Waals surface area (Å²) in [5.74, 6) is 2.12. The first-order valence-corrected chi connectivity index (χ1v) is 27.6. The maximum atomic E-state index is 4.47.